The van der Waals surface area contributed by atoms with Crippen molar-refractivity contribution in [1.82, 2.24) is 19.7 Å². The molecule has 112 valence electrons. The van der Waals surface area contributed by atoms with Crippen LogP contribution >= 0.6 is 0 Å². The van der Waals surface area contributed by atoms with Gasteiger partial charge in [-0.25, -0.2) is 17.8 Å². The maximum absolute atomic E-state index is 12.4. The van der Waals surface area contributed by atoms with Crippen LogP contribution in [-0.2, 0) is 17.1 Å². The molecule has 0 spiro atoms. The fourth-order valence-electron chi connectivity index (χ4n) is 2.89. The maximum Gasteiger partial charge on any atom is 0.259 e. The first-order chi connectivity index (χ1) is 9.84. The van der Waals surface area contributed by atoms with E-state index in [9.17, 15) is 8.42 Å². The van der Waals surface area contributed by atoms with E-state index in [0.717, 1.165) is 5.56 Å². The molecule has 0 aliphatic heterocycles. The van der Waals surface area contributed by atoms with Crippen molar-refractivity contribution in [2.24, 2.45) is 12.5 Å². The van der Waals surface area contributed by atoms with E-state index in [1.807, 2.05) is 30.3 Å². The van der Waals surface area contributed by atoms with Gasteiger partial charge in [0.15, 0.2) is 5.03 Å². The summed E-state index contributed by atoms with van der Waals surface area (Å²) in [7, 11) is -2.04. The zero-order valence-electron chi connectivity index (χ0n) is 12.2. The average molecular weight is 306 g/mol. The molecule has 1 aromatic carbocycles. The van der Waals surface area contributed by atoms with Gasteiger partial charge in [-0.1, -0.05) is 49.4 Å². The van der Waals surface area contributed by atoms with Gasteiger partial charge in [-0.3, -0.25) is 0 Å². The number of aryl methyl sites for hydroxylation is 1. The summed E-state index contributed by atoms with van der Waals surface area (Å²) in [6, 6.07) is 9.85. The number of benzene rings is 1. The minimum atomic E-state index is -3.61. The van der Waals surface area contributed by atoms with Crippen molar-refractivity contribution in [1.29, 1.82) is 0 Å². The van der Waals surface area contributed by atoms with Crippen LogP contribution in [0.15, 0.2) is 41.6 Å². The Bertz CT molecular complexity index is 752. The Hall–Kier alpha value is -1.73. The minimum absolute atomic E-state index is 0.0806. The van der Waals surface area contributed by atoms with Crippen LogP contribution in [0.25, 0.3) is 0 Å². The molecule has 1 aliphatic rings. The summed E-state index contributed by atoms with van der Waals surface area (Å²) in [5.74, 6) is 0.176. The molecule has 2 atom stereocenters. The largest absolute Gasteiger partial charge is 0.259 e. The van der Waals surface area contributed by atoms with Crippen LogP contribution in [-0.4, -0.2) is 29.5 Å². The summed E-state index contributed by atoms with van der Waals surface area (Å²) in [5, 5.41) is 7.38. The van der Waals surface area contributed by atoms with Gasteiger partial charge in [0.1, 0.15) is 0 Å². The predicted molar refractivity (Wildman–Crippen MR) is 78.1 cm³/mol. The number of hydrogen-bond donors (Lipinski definition) is 1. The quantitative estimate of drug-likeness (QED) is 0.923. The lowest BCUT2D eigenvalue weighted by Gasteiger charge is -2.06. The lowest BCUT2D eigenvalue weighted by atomic mass is 10.0. The number of sulfonamides is 1. The van der Waals surface area contributed by atoms with Gasteiger partial charge in [0.2, 0.25) is 0 Å². The molecule has 2 aromatic rings. The van der Waals surface area contributed by atoms with E-state index in [4.69, 9.17) is 0 Å². The second-order valence-electron chi connectivity index (χ2n) is 6.00. The van der Waals surface area contributed by atoms with Gasteiger partial charge in [0, 0.05) is 19.0 Å². The molecule has 7 heteroatoms. The summed E-state index contributed by atoms with van der Waals surface area (Å²) in [5.41, 5.74) is 1.04. The van der Waals surface area contributed by atoms with E-state index >= 15 is 0 Å². The van der Waals surface area contributed by atoms with Crippen LogP contribution in [0.5, 0.6) is 0 Å². The zero-order valence-corrected chi connectivity index (χ0v) is 13.0. The normalized spacial score (nSPS) is 24.0. The van der Waals surface area contributed by atoms with Crippen molar-refractivity contribution in [2.75, 3.05) is 0 Å². The molecule has 6 nitrogen and oxygen atoms in total. The molecule has 0 saturated heterocycles. The molecule has 1 heterocycles. The van der Waals surface area contributed by atoms with Gasteiger partial charge < -0.3 is 0 Å². The third-order valence-electron chi connectivity index (χ3n) is 4.22. The summed E-state index contributed by atoms with van der Waals surface area (Å²) in [6.07, 6.45) is 1.26. The molecule has 1 aromatic heterocycles. The van der Waals surface area contributed by atoms with Crippen molar-refractivity contribution in [3.05, 3.63) is 42.1 Å². The fraction of sp³-hybridized carbons (Fsp3) is 0.429. The van der Waals surface area contributed by atoms with Crippen molar-refractivity contribution in [2.45, 2.75) is 30.8 Å². The summed E-state index contributed by atoms with van der Waals surface area (Å²) >= 11 is 0. The number of nitrogens with one attached hydrogen (secondary N) is 1. The van der Waals surface area contributed by atoms with E-state index in [1.165, 1.54) is 10.9 Å². The zero-order chi connectivity index (χ0) is 15.3. The summed E-state index contributed by atoms with van der Waals surface area (Å²) < 4.78 is 28.9. The smallest absolute Gasteiger partial charge is 0.236 e. The molecule has 1 aliphatic carbocycles. The Kier molecular flexibility index (Phi) is 3.14. The number of aromatic nitrogens is 3. The van der Waals surface area contributed by atoms with Crippen LogP contribution in [0, 0.1) is 5.41 Å². The third kappa shape index (κ3) is 2.36. The highest BCUT2D eigenvalue weighted by Crippen LogP contribution is 2.58. The van der Waals surface area contributed by atoms with Crippen LogP contribution in [0.1, 0.15) is 25.3 Å². The predicted octanol–water partition coefficient (Wildman–Crippen LogP) is 1.29. The van der Waals surface area contributed by atoms with E-state index in [0.29, 0.717) is 0 Å². The molecule has 3 rings (SSSR count). The van der Waals surface area contributed by atoms with Crippen LogP contribution in [0.4, 0.5) is 0 Å². The SMILES string of the molecule is Cn1nncc1S(=O)(=O)N[C@@H]1[C@@H](c2ccccc2)C1(C)C. The lowest BCUT2D eigenvalue weighted by Crippen LogP contribution is -2.30. The van der Waals surface area contributed by atoms with Crippen molar-refractivity contribution >= 4 is 10.0 Å². The van der Waals surface area contributed by atoms with Gasteiger partial charge in [-0.2, -0.15) is 0 Å². The summed E-state index contributed by atoms with van der Waals surface area (Å²) in [4.78, 5) is 0. The van der Waals surface area contributed by atoms with Gasteiger partial charge >= 0.3 is 0 Å². The molecule has 1 fully saturated rings. The van der Waals surface area contributed by atoms with E-state index in [-0.39, 0.29) is 22.4 Å². The second kappa shape index (κ2) is 4.64. The third-order valence-corrected chi connectivity index (χ3v) is 5.70. The van der Waals surface area contributed by atoms with Crippen molar-refractivity contribution in [3.63, 3.8) is 0 Å². The highest BCUT2D eigenvalue weighted by Gasteiger charge is 2.59. The van der Waals surface area contributed by atoms with E-state index < -0.39 is 10.0 Å². The number of rotatable bonds is 4. The van der Waals surface area contributed by atoms with Crippen molar-refractivity contribution in [3.8, 4) is 0 Å². The van der Waals surface area contributed by atoms with E-state index in [1.54, 1.807) is 7.05 Å². The molecule has 1 saturated carbocycles. The minimum Gasteiger partial charge on any atom is -0.236 e. The average Bonchev–Trinajstić information content (AvgIpc) is 2.75. The highest BCUT2D eigenvalue weighted by atomic mass is 32.2. The Labute approximate surface area is 124 Å². The molecule has 21 heavy (non-hydrogen) atoms. The van der Waals surface area contributed by atoms with E-state index in [2.05, 4.69) is 28.9 Å². The Balaban J connectivity index is 1.85. The Morgan fingerprint density at radius 1 is 1.24 bits per heavy atom. The first kappa shape index (κ1) is 14.2. The standard InChI is InChI=1S/C14H18N4O2S/c1-14(2)12(10-7-5-4-6-8-10)13(14)16-21(19,20)11-9-15-17-18(11)3/h4-9,12-13,16H,1-3H3/t12-,13-/m1/s1. The van der Waals surface area contributed by atoms with Crippen molar-refractivity contribution < 1.29 is 8.42 Å². The molecule has 0 amide bonds. The second-order valence-corrected chi connectivity index (χ2v) is 7.67. The maximum atomic E-state index is 12.4. The van der Waals surface area contributed by atoms with Gasteiger partial charge in [0.05, 0.1) is 6.20 Å². The molecular formula is C14H18N4O2S. The highest BCUT2D eigenvalue weighted by molar-refractivity contribution is 7.89. The molecule has 0 bridgehead atoms. The lowest BCUT2D eigenvalue weighted by molar-refractivity contribution is 0.540. The monoisotopic (exact) mass is 306 g/mol. The van der Waals surface area contributed by atoms with Crippen LogP contribution in [0.2, 0.25) is 0 Å². The molecule has 0 radical (unpaired) electrons. The topological polar surface area (TPSA) is 76.9 Å². The fourth-order valence-corrected chi connectivity index (χ4v) is 4.36. The first-order valence-electron chi connectivity index (χ1n) is 6.76. The van der Waals surface area contributed by atoms with Crippen LogP contribution in [0.3, 0.4) is 0 Å². The Morgan fingerprint density at radius 2 is 1.90 bits per heavy atom. The van der Waals surface area contributed by atoms with Gasteiger partial charge in [0.25, 0.3) is 10.0 Å². The number of nitrogens with zero attached hydrogens (tertiary/aromatic N) is 3. The molecule has 0 unspecified atom stereocenters. The first-order valence-corrected chi connectivity index (χ1v) is 8.24. The molecule has 1 N–H and O–H groups in total. The van der Waals surface area contributed by atoms with Gasteiger partial charge in [-0.15, -0.1) is 5.10 Å². The Morgan fingerprint density at radius 3 is 2.48 bits per heavy atom. The summed E-state index contributed by atoms with van der Waals surface area (Å²) in [6.45, 7) is 4.14. The van der Waals surface area contributed by atoms with Gasteiger partial charge in [-0.05, 0) is 11.0 Å². The van der Waals surface area contributed by atoms with Crippen LogP contribution < -0.4 is 4.72 Å². The molecular weight excluding hydrogens is 288 g/mol. The number of hydrogen-bond acceptors (Lipinski definition) is 4.